The summed E-state index contributed by atoms with van der Waals surface area (Å²) >= 11 is 3.44. The normalized spacial score (nSPS) is 10.7. The van der Waals surface area contributed by atoms with Gasteiger partial charge in [0, 0.05) is 22.4 Å². The molecular weight excluding hydrogens is 446 g/mol. The number of fused-ring (bicyclic) bond motifs is 1. The lowest BCUT2D eigenvalue weighted by Gasteiger charge is -2.12. The number of rotatable bonds is 7. The lowest BCUT2D eigenvalue weighted by atomic mass is 10.2. The van der Waals surface area contributed by atoms with Crippen LogP contribution in [0.1, 0.15) is 21.6 Å². The first-order chi connectivity index (χ1) is 14.6. The lowest BCUT2D eigenvalue weighted by molar-refractivity contribution is 0.0950. The van der Waals surface area contributed by atoms with Gasteiger partial charge >= 0.3 is 0 Å². The molecule has 1 N–H and O–H groups in total. The summed E-state index contributed by atoms with van der Waals surface area (Å²) in [4.78, 5) is 17.1. The van der Waals surface area contributed by atoms with E-state index in [4.69, 9.17) is 9.47 Å². The van der Waals surface area contributed by atoms with Crippen LogP contribution in [0.2, 0.25) is 0 Å². The molecule has 6 nitrogen and oxygen atoms in total. The van der Waals surface area contributed by atoms with Crippen molar-refractivity contribution in [3.63, 3.8) is 0 Å². The monoisotopic (exact) mass is 465 g/mol. The predicted molar refractivity (Wildman–Crippen MR) is 118 cm³/mol. The van der Waals surface area contributed by atoms with Crippen molar-refractivity contribution in [3.8, 4) is 11.5 Å². The van der Waals surface area contributed by atoms with Gasteiger partial charge in [0.15, 0.2) is 11.5 Å². The molecule has 0 spiro atoms. The summed E-state index contributed by atoms with van der Waals surface area (Å²) in [7, 11) is 1.56. The van der Waals surface area contributed by atoms with E-state index in [-0.39, 0.29) is 5.91 Å². The number of imidazole rings is 1. The minimum atomic E-state index is -0.207. The average Bonchev–Trinajstić information content (AvgIpc) is 3.18. The van der Waals surface area contributed by atoms with Gasteiger partial charge in [-0.3, -0.25) is 4.79 Å². The highest BCUT2D eigenvalue weighted by Crippen LogP contribution is 2.29. The van der Waals surface area contributed by atoms with Crippen LogP contribution in [0.4, 0.5) is 0 Å². The molecule has 4 rings (SSSR count). The van der Waals surface area contributed by atoms with Gasteiger partial charge in [0.25, 0.3) is 5.91 Å². The summed E-state index contributed by atoms with van der Waals surface area (Å²) < 4.78 is 14.1. The molecule has 0 unspecified atom stereocenters. The molecule has 30 heavy (non-hydrogen) atoms. The van der Waals surface area contributed by atoms with Crippen molar-refractivity contribution in [3.05, 3.63) is 94.4 Å². The number of ether oxygens (including phenoxy) is 2. The zero-order chi connectivity index (χ0) is 20.9. The second-order valence-corrected chi connectivity index (χ2v) is 7.58. The van der Waals surface area contributed by atoms with Crippen LogP contribution < -0.4 is 14.8 Å². The molecule has 4 aromatic rings. The summed E-state index contributed by atoms with van der Waals surface area (Å²) in [6, 6.07) is 18.9. The number of halogens is 1. The second-order valence-electron chi connectivity index (χ2n) is 6.67. The highest BCUT2D eigenvalue weighted by Gasteiger charge is 2.12. The molecule has 0 aliphatic rings. The Balaban J connectivity index is 1.41. The Morgan fingerprint density at radius 1 is 1.07 bits per heavy atom. The first-order valence-electron chi connectivity index (χ1n) is 9.38. The van der Waals surface area contributed by atoms with Gasteiger partial charge in [-0.1, -0.05) is 30.3 Å². The number of methoxy groups -OCH3 is 1. The first-order valence-corrected chi connectivity index (χ1v) is 10.2. The van der Waals surface area contributed by atoms with E-state index in [1.165, 1.54) is 0 Å². The smallest absolute Gasteiger partial charge is 0.251 e. The fraction of sp³-hybridized carbons (Fsp3) is 0.130. The zero-order valence-electron chi connectivity index (χ0n) is 16.3. The van der Waals surface area contributed by atoms with Crippen LogP contribution in [-0.4, -0.2) is 22.4 Å². The van der Waals surface area contributed by atoms with Crippen LogP contribution in [0.3, 0.4) is 0 Å². The van der Waals surface area contributed by atoms with E-state index in [1.807, 2.05) is 59.3 Å². The topological polar surface area (TPSA) is 64.9 Å². The summed E-state index contributed by atoms with van der Waals surface area (Å²) in [6.45, 7) is 0.749. The molecule has 0 aliphatic carbocycles. The Labute approximate surface area is 182 Å². The average molecular weight is 466 g/mol. The van der Waals surface area contributed by atoms with Gasteiger partial charge in [-0.2, -0.15) is 0 Å². The Bertz CT molecular complexity index is 1180. The van der Waals surface area contributed by atoms with E-state index >= 15 is 0 Å². The summed E-state index contributed by atoms with van der Waals surface area (Å²) in [5.74, 6) is 0.890. The van der Waals surface area contributed by atoms with Crippen molar-refractivity contribution in [2.24, 2.45) is 0 Å². The van der Waals surface area contributed by atoms with E-state index in [1.54, 1.807) is 25.3 Å². The van der Waals surface area contributed by atoms with Crippen molar-refractivity contribution in [2.45, 2.75) is 13.2 Å². The van der Waals surface area contributed by atoms with Gasteiger partial charge in [0.05, 0.1) is 19.3 Å². The second kappa shape index (κ2) is 9.00. The van der Waals surface area contributed by atoms with Gasteiger partial charge in [-0.25, -0.2) is 4.98 Å². The van der Waals surface area contributed by atoms with Crippen LogP contribution in [0, 0.1) is 0 Å². The minimum Gasteiger partial charge on any atom is -0.493 e. The quantitative estimate of drug-likeness (QED) is 0.432. The Hall–Kier alpha value is -3.32. The Kier molecular flexibility index (Phi) is 5.99. The molecule has 2 aromatic heterocycles. The van der Waals surface area contributed by atoms with Crippen LogP contribution >= 0.6 is 15.9 Å². The number of benzene rings is 2. The number of carbonyl (C=O) groups excluding carboxylic acids is 1. The maximum absolute atomic E-state index is 12.6. The maximum atomic E-state index is 12.6. The number of nitrogens with one attached hydrogen (secondary N) is 1. The lowest BCUT2D eigenvalue weighted by Crippen LogP contribution is -2.23. The Morgan fingerprint density at radius 2 is 1.90 bits per heavy atom. The number of pyridine rings is 1. The summed E-state index contributed by atoms with van der Waals surface area (Å²) in [5.41, 5.74) is 3.14. The number of aromatic nitrogens is 2. The predicted octanol–water partition coefficient (Wildman–Crippen LogP) is 4.61. The van der Waals surface area contributed by atoms with Crippen LogP contribution in [0.5, 0.6) is 11.5 Å². The Morgan fingerprint density at radius 3 is 2.70 bits per heavy atom. The molecule has 0 bridgehead atoms. The molecule has 0 saturated carbocycles. The summed E-state index contributed by atoms with van der Waals surface area (Å²) in [6.07, 6.45) is 3.81. The number of hydrogen-bond donors (Lipinski definition) is 1. The SMILES string of the molecule is COc1cc(C(=O)NCc2cn3cc(Br)ccc3n2)ccc1OCc1ccccc1. The molecule has 0 atom stereocenters. The van der Waals surface area contributed by atoms with Crippen LogP contribution in [0.15, 0.2) is 77.5 Å². The highest BCUT2D eigenvalue weighted by atomic mass is 79.9. The van der Waals surface area contributed by atoms with Gasteiger partial charge < -0.3 is 19.2 Å². The molecule has 0 fully saturated rings. The molecular formula is C23H20BrN3O3. The zero-order valence-corrected chi connectivity index (χ0v) is 17.9. The first kappa shape index (κ1) is 20.0. The fourth-order valence-corrected chi connectivity index (χ4v) is 3.39. The number of hydrogen-bond acceptors (Lipinski definition) is 4. The molecule has 0 aliphatic heterocycles. The molecule has 1 amide bonds. The third kappa shape index (κ3) is 4.63. The van der Waals surface area contributed by atoms with E-state index in [0.717, 1.165) is 21.4 Å². The van der Waals surface area contributed by atoms with Crippen molar-refractivity contribution in [2.75, 3.05) is 7.11 Å². The van der Waals surface area contributed by atoms with Gasteiger partial charge in [-0.15, -0.1) is 0 Å². The van der Waals surface area contributed by atoms with Crippen molar-refractivity contribution < 1.29 is 14.3 Å². The highest BCUT2D eigenvalue weighted by molar-refractivity contribution is 9.10. The molecule has 2 aromatic carbocycles. The standard InChI is InChI=1S/C23H20BrN3O3/c1-29-21-11-17(7-9-20(21)30-15-16-5-3-2-4-6-16)23(28)25-12-19-14-27-13-18(24)8-10-22(27)26-19/h2-11,13-14H,12,15H2,1H3,(H,25,28). The summed E-state index contributed by atoms with van der Waals surface area (Å²) in [5, 5.41) is 2.90. The third-order valence-corrected chi connectivity index (χ3v) is 5.03. The minimum absolute atomic E-state index is 0.207. The van der Waals surface area contributed by atoms with Gasteiger partial charge in [-0.05, 0) is 51.8 Å². The van der Waals surface area contributed by atoms with Gasteiger partial charge in [0.1, 0.15) is 12.3 Å². The number of nitrogens with zero attached hydrogens (tertiary/aromatic N) is 2. The van der Waals surface area contributed by atoms with E-state index in [0.29, 0.717) is 30.2 Å². The van der Waals surface area contributed by atoms with Gasteiger partial charge in [0.2, 0.25) is 0 Å². The van der Waals surface area contributed by atoms with Crippen LogP contribution in [0.25, 0.3) is 5.65 Å². The third-order valence-electron chi connectivity index (χ3n) is 4.56. The van der Waals surface area contributed by atoms with E-state index in [9.17, 15) is 4.79 Å². The van der Waals surface area contributed by atoms with E-state index in [2.05, 4.69) is 26.2 Å². The van der Waals surface area contributed by atoms with Crippen molar-refractivity contribution in [1.29, 1.82) is 0 Å². The number of carbonyl (C=O) groups is 1. The number of amides is 1. The van der Waals surface area contributed by atoms with Crippen molar-refractivity contribution >= 4 is 27.5 Å². The van der Waals surface area contributed by atoms with E-state index < -0.39 is 0 Å². The molecule has 2 heterocycles. The van der Waals surface area contributed by atoms with Crippen LogP contribution in [-0.2, 0) is 13.2 Å². The molecule has 7 heteroatoms. The van der Waals surface area contributed by atoms with Crippen molar-refractivity contribution in [1.82, 2.24) is 14.7 Å². The molecule has 152 valence electrons. The maximum Gasteiger partial charge on any atom is 0.251 e. The largest absolute Gasteiger partial charge is 0.493 e. The molecule has 0 radical (unpaired) electrons. The fourth-order valence-electron chi connectivity index (χ4n) is 3.04. The molecule has 0 saturated heterocycles.